The van der Waals surface area contributed by atoms with Crippen molar-refractivity contribution in [2.75, 3.05) is 19.4 Å². The van der Waals surface area contributed by atoms with Gasteiger partial charge in [0.1, 0.15) is 23.7 Å². The van der Waals surface area contributed by atoms with Gasteiger partial charge >= 0.3 is 0 Å². The molecule has 11 heteroatoms. The molecule has 1 fully saturated rings. The number of anilines is 2. The summed E-state index contributed by atoms with van der Waals surface area (Å²) in [4.78, 5) is 8.62. The third-order valence-electron chi connectivity index (χ3n) is 5.56. The molecule has 0 radical (unpaired) electrons. The van der Waals surface area contributed by atoms with Crippen LogP contribution in [0.4, 0.5) is 15.9 Å². The van der Waals surface area contributed by atoms with E-state index < -0.39 is 16.0 Å². The summed E-state index contributed by atoms with van der Waals surface area (Å²) < 4.78 is 47.6. The number of benzene rings is 2. The molecule has 0 amide bonds. The van der Waals surface area contributed by atoms with Crippen LogP contribution in [0.1, 0.15) is 25.7 Å². The lowest BCUT2D eigenvalue weighted by Crippen LogP contribution is -2.44. The molecular formula is C22H25ClFN5O3S. The second-order valence-electron chi connectivity index (χ2n) is 8.15. The summed E-state index contributed by atoms with van der Waals surface area (Å²) in [6.45, 7) is 0. The number of ether oxygens (including phenoxy) is 1. The van der Waals surface area contributed by atoms with Gasteiger partial charge in [0.25, 0.3) is 10.2 Å². The molecule has 1 saturated carbocycles. The molecular weight excluding hydrogens is 469 g/mol. The zero-order valence-corrected chi connectivity index (χ0v) is 19.8. The smallest absolute Gasteiger partial charge is 0.279 e. The van der Waals surface area contributed by atoms with E-state index in [2.05, 4.69) is 20.0 Å². The van der Waals surface area contributed by atoms with Gasteiger partial charge in [0.2, 0.25) is 0 Å². The molecule has 1 aromatic heterocycles. The van der Waals surface area contributed by atoms with Crippen LogP contribution >= 0.6 is 11.6 Å². The lowest BCUT2D eigenvalue weighted by atomic mass is 9.93. The zero-order chi connectivity index (χ0) is 23.6. The van der Waals surface area contributed by atoms with E-state index in [1.165, 1.54) is 36.9 Å². The minimum absolute atomic E-state index is 0.0143. The van der Waals surface area contributed by atoms with E-state index in [1.54, 1.807) is 6.07 Å². The van der Waals surface area contributed by atoms with Gasteiger partial charge in [0.05, 0.1) is 16.6 Å². The average molecular weight is 494 g/mol. The van der Waals surface area contributed by atoms with Crippen molar-refractivity contribution >= 4 is 44.2 Å². The first-order valence-electron chi connectivity index (χ1n) is 10.5. The minimum Gasteiger partial charge on any atom is -0.490 e. The van der Waals surface area contributed by atoms with Crippen molar-refractivity contribution in [1.29, 1.82) is 0 Å². The van der Waals surface area contributed by atoms with Crippen LogP contribution in [-0.2, 0) is 10.2 Å². The number of aromatic nitrogens is 2. The Labute approximate surface area is 197 Å². The SMILES string of the molecule is CN(C)S(=O)(=O)NC1CCC(Oc2ccc3ncnc(Nc4ccc(F)c(Cl)c4)c3c2)CC1. The molecule has 0 aliphatic heterocycles. The van der Waals surface area contributed by atoms with E-state index in [9.17, 15) is 12.8 Å². The molecule has 2 aromatic carbocycles. The van der Waals surface area contributed by atoms with Crippen LogP contribution in [-0.4, -0.2) is 48.9 Å². The summed E-state index contributed by atoms with van der Waals surface area (Å²) in [6, 6.07) is 9.84. The predicted octanol–water partition coefficient (Wildman–Crippen LogP) is 4.25. The molecule has 8 nitrogen and oxygen atoms in total. The molecule has 33 heavy (non-hydrogen) atoms. The Bertz CT molecular complexity index is 1250. The maximum atomic E-state index is 13.5. The third-order valence-corrected chi connectivity index (χ3v) is 7.44. The molecule has 0 spiro atoms. The van der Waals surface area contributed by atoms with Gasteiger partial charge in [-0.05, 0) is 62.1 Å². The highest BCUT2D eigenvalue weighted by Gasteiger charge is 2.26. The Morgan fingerprint density at radius 2 is 1.85 bits per heavy atom. The maximum Gasteiger partial charge on any atom is 0.279 e. The number of rotatable bonds is 7. The van der Waals surface area contributed by atoms with Gasteiger partial charge in [-0.25, -0.2) is 14.4 Å². The van der Waals surface area contributed by atoms with Crippen molar-refractivity contribution in [3.63, 3.8) is 0 Å². The zero-order valence-electron chi connectivity index (χ0n) is 18.3. The van der Waals surface area contributed by atoms with E-state index in [1.807, 2.05) is 18.2 Å². The van der Waals surface area contributed by atoms with Gasteiger partial charge in [-0.15, -0.1) is 0 Å². The molecule has 3 aromatic rings. The van der Waals surface area contributed by atoms with Crippen LogP contribution in [0.15, 0.2) is 42.7 Å². The van der Waals surface area contributed by atoms with E-state index in [4.69, 9.17) is 16.3 Å². The Morgan fingerprint density at radius 3 is 2.55 bits per heavy atom. The molecule has 0 atom stereocenters. The Kier molecular flexibility index (Phi) is 6.99. The Hall–Kier alpha value is -2.53. The second-order valence-corrected chi connectivity index (χ2v) is 10.5. The summed E-state index contributed by atoms with van der Waals surface area (Å²) >= 11 is 5.89. The summed E-state index contributed by atoms with van der Waals surface area (Å²) in [5.74, 6) is 0.736. The Balaban J connectivity index is 1.45. The van der Waals surface area contributed by atoms with Crippen LogP contribution in [0, 0.1) is 5.82 Å². The van der Waals surface area contributed by atoms with Gasteiger partial charge < -0.3 is 10.1 Å². The maximum absolute atomic E-state index is 13.5. The molecule has 0 saturated heterocycles. The molecule has 1 heterocycles. The molecule has 1 aliphatic carbocycles. The molecule has 0 bridgehead atoms. The molecule has 4 rings (SSSR count). The largest absolute Gasteiger partial charge is 0.490 e. The van der Waals surface area contributed by atoms with Gasteiger partial charge in [0.15, 0.2) is 0 Å². The number of hydrogen-bond donors (Lipinski definition) is 2. The van der Waals surface area contributed by atoms with E-state index in [-0.39, 0.29) is 17.2 Å². The van der Waals surface area contributed by atoms with Crippen molar-refractivity contribution < 1.29 is 17.5 Å². The van der Waals surface area contributed by atoms with E-state index in [0.717, 1.165) is 23.7 Å². The molecule has 1 aliphatic rings. The highest BCUT2D eigenvalue weighted by Crippen LogP contribution is 2.30. The third kappa shape index (κ3) is 5.70. The normalized spacial score (nSPS) is 19.1. The monoisotopic (exact) mass is 493 g/mol. The number of fused-ring (bicyclic) bond motifs is 1. The fourth-order valence-corrected chi connectivity index (χ4v) is 4.77. The predicted molar refractivity (Wildman–Crippen MR) is 127 cm³/mol. The lowest BCUT2D eigenvalue weighted by molar-refractivity contribution is 0.144. The second kappa shape index (κ2) is 9.76. The van der Waals surface area contributed by atoms with Crippen LogP contribution in [0.25, 0.3) is 10.9 Å². The topological polar surface area (TPSA) is 96.5 Å². The molecule has 0 unspecified atom stereocenters. The summed E-state index contributed by atoms with van der Waals surface area (Å²) in [5.41, 5.74) is 1.33. The van der Waals surface area contributed by atoms with Crippen molar-refractivity contribution in [2.45, 2.75) is 37.8 Å². The fraction of sp³-hybridized carbons (Fsp3) is 0.364. The number of hydrogen-bond acceptors (Lipinski definition) is 6. The van der Waals surface area contributed by atoms with E-state index >= 15 is 0 Å². The molecule has 2 N–H and O–H groups in total. The first-order valence-corrected chi connectivity index (χ1v) is 12.4. The van der Waals surface area contributed by atoms with Crippen LogP contribution in [0.5, 0.6) is 5.75 Å². The highest BCUT2D eigenvalue weighted by atomic mass is 35.5. The van der Waals surface area contributed by atoms with Crippen molar-refractivity contribution in [1.82, 2.24) is 19.0 Å². The standard InChI is InChI=1S/C22H25ClFN5O3S/c1-29(2)33(30,31)28-14-3-6-16(7-4-14)32-17-8-10-21-18(12-17)22(26-13-25-21)27-15-5-9-20(24)19(23)11-15/h5,8-14,16,28H,3-4,6-7H2,1-2H3,(H,25,26,27). The quantitative estimate of drug-likeness (QED) is 0.510. The van der Waals surface area contributed by atoms with Crippen molar-refractivity contribution in [3.05, 3.63) is 53.6 Å². The van der Waals surface area contributed by atoms with Crippen LogP contribution in [0.2, 0.25) is 5.02 Å². The summed E-state index contributed by atoms with van der Waals surface area (Å²) in [7, 11) is -0.425. The average Bonchev–Trinajstić information content (AvgIpc) is 2.78. The van der Waals surface area contributed by atoms with Gasteiger partial charge in [-0.1, -0.05) is 11.6 Å². The fourth-order valence-electron chi connectivity index (χ4n) is 3.73. The number of nitrogens with one attached hydrogen (secondary N) is 2. The first-order chi connectivity index (χ1) is 15.7. The lowest BCUT2D eigenvalue weighted by Gasteiger charge is -2.30. The number of halogens is 2. The van der Waals surface area contributed by atoms with Crippen LogP contribution in [0.3, 0.4) is 0 Å². The van der Waals surface area contributed by atoms with E-state index in [0.29, 0.717) is 30.1 Å². The highest BCUT2D eigenvalue weighted by molar-refractivity contribution is 7.87. The van der Waals surface area contributed by atoms with Gasteiger partial charge in [-0.2, -0.15) is 17.4 Å². The number of nitrogens with zero attached hydrogens (tertiary/aromatic N) is 3. The van der Waals surface area contributed by atoms with Crippen molar-refractivity contribution in [3.8, 4) is 5.75 Å². The van der Waals surface area contributed by atoms with Gasteiger partial charge in [0, 0.05) is 31.2 Å². The minimum atomic E-state index is -3.44. The molecule has 176 valence electrons. The van der Waals surface area contributed by atoms with Crippen molar-refractivity contribution in [2.24, 2.45) is 0 Å². The first kappa shape index (κ1) is 23.6. The van der Waals surface area contributed by atoms with Crippen LogP contribution < -0.4 is 14.8 Å². The summed E-state index contributed by atoms with van der Waals surface area (Å²) in [6.07, 6.45) is 4.32. The Morgan fingerprint density at radius 1 is 1.09 bits per heavy atom. The summed E-state index contributed by atoms with van der Waals surface area (Å²) in [5, 5.41) is 3.93. The van der Waals surface area contributed by atoms with Gasteiger partial charge in [-0.3, -0.25) is 0 Å².